The molecule has 4 nitrogen and oxygen atoms in total. The van der Waals surface area contributed by atoms with Crippen LogP contribution in [0.1, 0.15) is 0 Å². The molecular weight excluding hydrogens is 279 g/mol. The molecule has 80 valence electrons. The van der Waals surface area contributed by atoms with Crippen LogP contribution in [0.4, 0.5) is 0 Å². The minimum absolute atomic E-state index is 0.0594. The van der Waals surface area contributed by atoms with Gasteiger partial charge in [0.2, 0.25) is 5.28 Å². The molecule has 2 aromatic rings. The van der Waals surface area contributed by atoms with Crippen molar-refractivity contribution in [3.05, 3.63) is 15.8 Å². The maximum Gasteiger partial charge on any atom is 0.224 e. The molecule has 0 fully saturated rings. The van der Waals surface area contributed by atoms with Crippen LogP contribution < -0.4 is 0 Å². The van der Waals surface area contributed by atoms with Crippen molar-refractivity contribution in [2.75, 3.05) is 6.26 Å². The number of nitrogens with zero attached hydrogens (tertiary/aromatic N) is 2. The number of thiophene rings is 1. The van der Waals surface area contributed by atoms with E-state index in [-0.39, 0.29) is 20.8 Å². The van der Waals surface area contributed by atoms with Gasteiger partial charge in [-0.3, -0.25) is 0 Å². The first-order chi connectivity index (χ1) is 6.89. The smallest absolute Gasteiger partial charge is 0.224 e. The lowest BCUT2D eigenvalue weighted by molar-refractivity contribution is 0.603. The van der Waals surface area contributed by atoms with Crippen LogP contribution in [-0.4, -0.2) is 24.6 Å². The number of fused-ring (bicyclic) bond motifs is 1. The average molecular weight is 283 g/mol. The third kappa shape index (κ3) is 1.94. The molecular formula is C7H4Cl2N2O2S2. The highest BCUT2D eigenvalue weighted by atomic mass is 35.5. The second kappa shape index (κ2) is 3.55. The van der Waals surface area contributed by atoms with Crippen molar-refractivity contribution in [1.29, 1.82) is 0 Å². The Kier molecular flexibility index (Phi) is 2.62. The molecule has 0 aliphatic heterocycles. The molecule has 0 N–H and O–H groups in total. The van der Waals surface area contributed by atoms with Crippen LogP contribution in [0.3, 0.4) is 0 Å². The Morgan fingerprint density at radius 2 is 2.00 bits per heavy atom. The van der Waals surface area contributed by atoms with Crippen molar-refractivity contribution < 1.29 is 8.42 Å². The molecule has 0 aliphatic carbocycles. The van der Waals surface area contributed by atoms with E-state index in [1.165, 1.54) is 16.7 Å². The molecule has 0 amide bonds. The maximum absolute atomic E-state index is 11.4. The van der Waals surface area contributed by atoms with Gasteiger partial charge in [0.05, 0.1) is 4.70 Å². The van der Waals surface area contributed by atoms with Gasteiger partial charge in [0.15, 0.2) is 15.0 Å². The first-order valence-corrected chi connectivity index (χ1v) is 7.22. The Morgan fingerprint density at radius 1 is 1.33 bits per heavy atom. The van der Waals surface area contributed by atoms with Gasteiger partial charge in [-0.15, -0.1) is 11.3 Å². The summed E-state index contributed by atoms with van der Waals surface area (Å²) in [5.74, 6) is 0. The molecule has 0 unspecified atom stereocenters. The van der Waals surface area contributed by atoms with E-state index in [1.54, 1.807) is 0 Å². The second-order valence-electron chi connectivity index (χ2n) is 2.83. The van der Waals surface area contributed by atoms with E-state index in [4.69, 9.17) is 23.2 Å². The number of hydrogen-bond donors (Lipinski definition) is 0. The maximum atomic E-state index is 11.4. The number of halogens is 2. The standard InChI is InChI=1S/C7H4Cl2N2O2S2/c1-15(12,13)3-2-14-5-4(3)10-7(9)11-6(5)8/h2H,1H3. The Bertz CT molecular complexity index is 636. The van der Waals surface area contributed by atoms with Crippen molar-refractivity contribution >= 4 is 54.6 Å². The number of sulfone groups is 1. The van der Waals surface area contributed by atoms with E-state index in [9.17, 15) is 8.42 Å². The molecule has 0 radical (unpaired) electrons. The van der Waals surface area contributed by atoms with Gasteiger partial charge in [-0.2, -0.15) is 0 Å². The summed E-state index contributed by atoms with van der Waals surface area (Å²) in [7, 11) is -3.32. The van der Waals surface area contributed by atoms with E-state index >= 15 is 0 Å². The summed E-state index contributed by atoms with van der Waals surface area (Å²) in [5, 5.41) is 1.59. The summed E-state index contributed by atoms with van der Waals surface area (Å²) in [6.07, 6.45) is 1.11. The monoisotopic (exact) mass is 282 g/mol. The first-order valence-electron chi connectivity index (χ1n) is 3.70. The number of hydrogen-bond acceptors (Lipinski definition) is 5. The van der Waals surface area contributed by atoms with Gasteiger partial charge in [-0.1, -0.05) is 11.6 Å². The highest BCUT2D eigenvalue weighted by Crippen LogP contribution is 2.32. The zero-order chi connectivity index (χ0) is 11.2. The van der Waals surface area contributed by atoms with Crippen LogP contribution in [-0.2, 0) is 9.84 Å². The molecule has 0 aliphatic rings. The zero-order valence-electron chi connectivity index (χ0n) is 7.36. The third-order valence-corrected chi connectivity index (χ3v) is 4.50. The van der Waals surface area contributed by atoms with Crippen LogP contribution in [0.5, 0.6) is 0 Å². The Morgan fingerprint density at radius 3 is 2.60 bits per heavy atom. The van der Waals surface area contributed by atoms with Gasteiger partial charge in [-0.05, 0) is 11.6 Å². The topological polar surface area (TPSA) is 59.9 Å². The second-order valence-corrected chi connectivity index (χ2v) is 6.39. The van der Waals surface area contributed by atoms with Crippen LogP contribution in [0.25, 0.3) is 10.2 Å². The fourth-order valence-corrected chi connectivity index (χ4v) is 3.77. The Hall–Kier alpha value is -0.430. The normalized spacial score (nSPS) is 12.2. The molecule has 0 aromatic carbocycles. The third-order valence-electron chi connectivity index (χ3n) is 1.71. The fraction of sp³-hybridized carbons (Fsp3) is 0.143. The van der Waals surface area contributed by atoms with E-state index in [2.05, 4.69) is 9.97 Å². The van der Waals surface area contributed by atoms with Crippen molar-refractivity contribution in [2.45, 2.75) is 4.90 Å². The van der Waals surface area contributed by atoms with Gasteiger partial charge in [0, 0.05) is 11.6 Å². The van der Waals surface area contributed by atoms with E-state index in [0.717, 1.165) is 6.26 Å². The molecule has 8 heteroatoms. The molecule has 2 aromatic heterocycles. The zero-order valence-corrected chi connectivity index (χ0v) is 10.5. The minimum atomic E-state index is -3.32. The molecule has 2 rings (SSSR count). The molecule has 2 heterocycles. The molecule has 0 saturated heterocycles. The van der Waals surface area contributed by atoms with Gasteiger partial charge >= 0.3 is 0 Å². The highest BCUT2D eigenvalue weighted by Gasteiger charge is 2.18. The lowest BCUT2D eigenvalue weighted by Crippen LogP contribution is -1.96. The Balaban J connectivity index is 2.92. The van der Waals surface area contributed by atoms with Gasteiger partial charge < -0.3 is 0 Å². The van der Waals surface area contributed by atoms with Crippen molar-refractivity contribution in [1.82, 2.24) is 9.97 Å². The lowest BCUT2D eigenvalue weighted by Gasteiger charge is -1.96. The van der Waals surface area contributed by atoms with Crippen LogP contribution in [0.2, 0.25) is 10.4 Å². The van der Waals surface area contributed by atoms with E-state index < -0.39 is 9.84 Å². The molecule has 0 saturated carbocycles. The van der Waals surface area contributed by atoms with Gasteiger partial charge in [0.25, 0.3) is 0 Å². The number of rotatable bonds is 1. The van der Waals surface area contributed by atoms with E-state index in [1.807, 2.05) is 0 Å². The van der Waals surface area contributed by atoms with Crippen molar-refractivity contribution in [3.8, 4) is 0 Å². The largest absolute Gasteiger partial charge is 0.224 e. The summed E-state index contributed by atoms with van der Waals surface area (Å²) < 4.78 is 23.3. The lowest BCUT2D eigenvalue weighted by atomic mass is 10.5. The summed E-state index contributed by atoms with van der Waals surface area (Å²) in [5.41, 5.74) is 0.285. The molecule has 0 atom stereocenters. The fourth-order valence-electron chi connectivity index (χ4n) is 1.10. The summed E-state index contributed by atoms with van der Waals surface area (Å²) in [4.78, 5) is 7.73. The molecule has 0 spiro atoms. The summed E-state index contributed by atoms with van der Waals surface area (Å²) in [6.45, 7) is 0. The first kappa shape index (κ1) is 11.1. The predicted octanol–water partition coefficient (Wildman–Crippen LogP) is 2.40. The SMILES string of the molecule is CS(=O)(=O)c1csc2c(Cl)nc(Cl)nc12. The van der Waals surface area contributed by atoms with Gasteiger partial charge in [-0.25, -0.2) is 18.4 Å². The van der Waals surface area contributed by atoms with Crippen molar-refractivity contribution in [2.24, 2.45) is 0 Å². The minimum Gasteiger partial charge on any atom is -0.224 e. The average Bonchev–Trinajstić information content (AvgIpc) is 2.45. The predicted molar refractivity (Wildman–Crippen MR) is 60.5 cm³/mol. The summed E-state index contributed by atoms with van der Waals surface area (Å²) >= 11 is 12.6. The van der Waals surface area contributed by atoms with Gasteiger partial charge in [0.1, 0.15) is 10.4 Å². The summed E-state index contributed by atoms with van der Waals surface area (Å²) in [6, 6.07) is 0. The Labute approximate surface area is 99.8 Å². The van der Waals surface area contributed by atoms with Crippen molar-refractivity contribution in [3.63, 3.8) is 0 Å². The number of aromatic nitrogens is 2. The van der Waals surface area contributed by atoms with Crippen LogP contribution >= 0.6 is 34.5 Å². The highest BCUT2D eigenvalue weighted by molar-refractivity contribution is 7.91. The van der Waals surface area contributed by atoms with Crippen LogP contribution in [0.15, 0.2) is 10.3 Å². The quantitative estimate of drug-likeness (QED) is 0.595. The van der Waals surface area contributed by atoms with Crippen LogP contribution in [0, 0.1) is 0 Å². The molecule has 15 heavy (non-hydrogen) atoms. The van der Waals surface area contributed by atoms with E-state index in [0.29, 0.717) is 4.70 Å². The molecule has 0 bridgehead atoms.